The largest absolute Gasteiger partial charge is 0.343 e. The third-order valence-corrected chi connectivity index (χ3v) is 4.46. The molecule has 84 valence electrons. The molecule has 0 aliphatic rings. The van der Waals surface area contributed by atoms with Gasteiger partial charge in [0.05, 0.1) is 15.4 Å². The molecule has 0 radical (unpaired) electrons. The summed E-state index contributed by atoms with van der Waals surface area (Å²) in [6.07, 6.45) is 1.74. The van der Waals surface area contributed by atoms with Gasteiger partial charge in [-0.05, 0) is 28.9 Å². The zero-order valence-electron chi connectivity index (χ0n) is 8.44. The average Bonchev–Trinajstić information content (AvgIpc) is 2.87. The number of carbonyl (C=O) groups is 1. The third-order valence-electron chi connectivity index (χ3n) is 2.00. The summed E-state index contributed by atoms with van der Waals surface area (Å²) in [4.78, 5) is 16.0. The van der Waals surface area contributed by atoms with E-state index in [-0.39, 0.29) is 11.9 Å². The van der Waals surface area contributed by atoms with E-state index in [1.54, 1.807) is 17.5 Å². The topological polar surface area (TPSA) is 42.0 Å². The summed E-state index contributed by atoms with van der Waals surface area (Å²) in [5, 5.41) is 7.56. The Morgan fingerprint density at radius 3 is 2.94 bits per heavy atom. The van der Waals surface area contributed by atoms with E-state index in [1.807, 2.05) is 23.8 Å². The third kappa shape index (κ3) is 2.69. The van der Waals surface area contributed by atoms with Crippen molar-refractivity contribution in [3.8, 4) is 0 Å². The van der Waals surface area contributed by atoms with Crippen LogP contribution in [0, 0.1) is 0 Å². The minimum absolute atomic E-state index is 0.0498. The monoisotopic (exact) mass is 316 g/mol. The number of aromatic nitrogens is 1. The number of thiazole rings is 1. The molecule has 1 atom stereocenters. The Bertz CT molecular complexity index is 481. The first-order valence-corrected chi connectivity index (χ1v) is 7.16. The first-order valence-electron chi connectivity index (χ1n) is 4.61. The SMILES string of the molecule is CC(NC(=O)c1csc(Br)c1)c1nccs1. The molecule has 0 bridgehead atoms. The Morgan fingerprint density at radius 2 is 2.38 bits per heavy atom. The number of nitrogens with one attached hydrogen (secondary N) is 1. The minimum atomic E-state index is -0.0651. The molecule has 3 nitrogen and oxygen atoms in total. The lowest BCUT2D eigenvalue weighted by atomic mass is 10.3. The van der Waals surface area contributed by atoms with E-state index in [1.165, 1.54) is 11.3 Å². The maximum atomic E-state index is 11.8. The van der Waals surface area contributed by atoms with E-state index in [9.17, 15) is 4.79 Å². The first-order chi connectivity index (χ1) is 7.66. The molecule has 1 N–H and O–H groups in total. The van der Waals surface area contributed by atoms with Crippen LogP contribution < -0.4 is 5.32 Å². The lowest BCUT2D eigenvalue weighted by molar-refractivity contribution is 0.0940. The molecule has 1 unspecified atom stereocenters. The van der Waals surface area contributed by atoms with Crippen LogP contribution >= 0.6 is 38.6 Å². The summed E-state index contributed by atoms with van der Waals surface area (Å²) >= 11 is 6.37. The maximum absolute atomic E-state index is 11.8. The number of carbonyl (C=O) groups excluding carboxylic acids is 1. The number of amides is 1. The van der Waals surface area contributed by atoms with Crippen LogP contribution in [0.15, 0.2) is 26.8 Å². The lowest BCUT2D eigenvalue weighted by Crippen LogP contribution is -2.26. The molecule has 16 heavy (non-hydrogen) atoms. The highest BCUT2D eigenvalue weighted by Crippen LogP contribution is 2.21. The average molecular weight is 317 g/mol. The Morgan fingerprint density at radius 1 is 1.56 bits per heavy atom. The van der Waals surface area contributed by atoms with Crippen molar-refractivity contribution in [3.63, 3.8) is 0 Å². The van der Waals surface area contributed by atoms with Gasteiger partial charge in [-0.2, -0.15) is 0 Å². The van der Waals surface area contributed by atoms with Gasteiger partial charge in [0.1, 0.15) is 5.01 Å². The fourth-order valence-corrected chi connectivity index (χ4v) is 3.00. The number of hydrogen-bond donors (Lipinski definition) is 1. The molecule has 2 rings (SSSR count). The van der Waals surface area contributed by atoms with Gasteiger partial charge in [0, 0.05) is 17.0 Å². The lowest BCUT2D eigenvalue weighted by Gasteiger charge is -2.09. The highest BCUT2D eigenvalue weighted by atomic mass is 79.9. The Kier molecular flexibility index (Phi) is 3.73. The molecule has 0 aliphatic heterocycles. The summed E-state index contributed by atoms with van der Waals surface area (Å²) in [7, 11) is 0. The summed E-state index contributed by atoms with van der Waals surface area (Å²) < 4.78 is 0.958. The fraction of sp³-hybridized carbons (Fsp3) is 0.200. The van der Waals surface area contributed by atoms with E-state index >= 15 is 0 Å². The van der Waals surface area contributed by atoms with E-state index in [2.05, 4.69) is 26.2 Å². The molecule has 0 saturated heterocycles. The predicted molar refractivity (Wildman–Crippen MR) is 70.0 cm³/mol. The smallest absolute Gasteiger partial charge is 0.252 e. The Hall–Kier alpha value is -0.720. The zero-order valence-corrected chi connectivity index (χ0v) is 11.7. The van der Waals surface area contributed by atoms with E-state index in [0.717, 1.165) is 8.79 Å². The summed E-state index contributed by atoms with van der Waals surface area (Å²) in [6, 6.07) is 1.76. The van der Waals surface area contributed by atoms with Crippen molar-refractivity contribution in [1.29, 1.82) is 0 Å². The van der Waals surface area contributed by atoms with Crippen LogP contribution in [0.25, 0.3) is 0 Å². The molecule has 0 aromatic carbocycles. The second-order valence-electron chi connectivity index (χ2n) is 3.20. The number of halogens is 1. The summed E-state index contributed by atoms with van der Waals surface area (Å²) in [5.74, 6) is -0.0651. The Labute approximate surface area is 110 Å². The molecule has 0 saturated carbocycles. The van der Waals surface area contributed by atoms with Crippen molar-refractivity contribution in [2.45, 2.75) is 13.0 Å². The van der Waals surface area contributed by atoms with Gasteiger partial charge < -0.3 is 5.32 Å². The molecular weight excluding hydrogens is 308 g/mol. The van der Waals surface area contributed by atoms with Gasteiger partial charge in [-0.25, -0.2) is 4.98 Å². The van der Waals surface area contributed by atoms with Crippen molar-refractivity contribution in [3.05, 3.63) is 37.4 Å². The Balaban J connectivity index is 2.03. The predicted octanol–water partition coefficient (Wildman–Crippen LogP) is 3.46. The highest BCUT2D eigenvalue weighted by Gasteiger charge is 2.13. The van der Waals surface area contributed by atoms with E-state index in [0.29, 0.717) is 5.56 Å². The van der Waals surface area contributed by atoms with Gasteiger partial charge in [-0.15, -0.1) is 22.7 Å². The maximum Gasteiger partial charge on any atom is 0.252 e. The van der Waals surface area contributed by atoms with Gasteiger partial charge in [0.2, 0.25) is 0 Å². The number of nitrogens with zero attached hydrogens (tertiary/aromatic N) is 1. The van der Waals surface area contributed by atoms with Crippen LogP contribution in [0.2, 0.25) is 0 Å². The first kappa shape index (κ1) is 11.8. The number of hydrogen-bond acceptors (Lipinski definition) is 4. The molecule has 2 aromatic rings. The molecule has 2 heterocycles. The van der Waals surface area contributed by atoms with Gasteiger partial charge in [-0.1, -0.05) is 0 Å². The highest BCUT2D eigenvalue weighted by molar-refractivity contribution is 9.11. The standard InChI is InChI=1S/C10H9BrN2OS2/c1-6(10-12-2-3-15-10)13-9(14)7-4-8(11)16-5-7/h2-6H,1H3,(H,13,14). The van der Waals surface area contributed by atoms with E-state index < -0.39 is 0 Å². The van der Waals surface area contributed by atoms with Crippen LogP contribution in [0.4, 0.5) is 0 Å². The van der Waals surface area contributed by atoms with Gasteiger partial charge in [-0.3, -0.25) is 4.79 Å². The molecular formula is C10H9BrN2OS2. The van der Waals surface area contributed by atoms with Crippen LogP contribution in [-0.2, 0) is 0 Å². The molecule has 2 aromatic heterocycles. The second kappa shape index (κ2) is 5.07. The molecule has 0 spiro atoms. The molecule has 1 amide bonds. The second-order valence-corrected chi connectivity index (χ2v) is 6.42. The van der Waals surface area contributed by atoms with Crippen molar-refractivity contribution < 1.29 is 4.79 Å². The van der Waals surface area contributed by atoms with E-state index in [4.69, 9.17) is 0 Å². The molecule has 0 aliphatic carbocycles. The van der Waals surface area contributed by atoms with Crippen LogP contribution in [-0.4, -0.2) is 10.9 Å². The zero-order chi connectivity index (χ0) is 11.5. The van der Waals surface area contributed by atoms with Crippen LogP contribution in [0.1, 0.15) is 28.3 Å². The van der Waals surface area contributed by atoms with Gasteiger partial charge >= 0.3 is 0 Å². The number of thiophene rings is 1. The van der Waals surface area contributed by atoms with Crippen LogP contribution in [0.5, 0.6) is 0 Å². The van der Waals surface area contributed by atoms with Crippen molar-refractivity contribution >= 4 is 44.5 Å². The normalized spacial score (nSPS) is 12.4. The molecule has 6 heteroatoms. The summed E-state index contributed by atoms with van der Waals surface area (Å²) in [5.41, 5.74) is 0.681. The van der Waals surface area contributed by atoms with Crippen LogP contribution in [0.3, 0.4) is 0 Å². The quantitative estimate of drug-likeness (QED) is 0.942. The fourth-order valence-electron chi connectivity index (χ4n) is 1.22. The summed E-state index contributed by atoms with van der Waals surface area (Å²) in [6.45, 7) is 1.93. The van der Waals surface area contributed by atoms with Crippen molar-refractivity contribution in [2.24, 2.45) is 0 Å². The van der Waals surface area contributed by atoms with Crippen molar-refractivity contribution in [2.75, 3.05) is 0 Å². The number of rotatable bonds is 3. The van der Waals surface area contributed by atoms with Gasteiger partial charge in [0.15, 0.2) is 0 Å². The van der Waals surface area contributed by atoms with Crippen molar-refractivity contribution in [1.82, 2.24) is 10.3 Å². The molecule has 0 fully saturated rings. The minimum Gasteiger partial charge on any atom is -0.343 e. The van der Waals surface area contributed by atoms with Gasteiger partial charge in [0.25, 0.3) is 5.91 Å².